The number of rotatable bonds is 4. The van der Waals surface area contributed by atoms with Crippen molar-refractivity contribution in [2.75, 3.05) is 11.4 Å². The molecule has 30 heavy (non-hydrogen) atoms. The molecule has 4 aromatic rings. The van der Waals surface area contributed by atoms with Gasteiger partial charge in [-0.15, -0.1) is 0 Å². The molecule has 1 aliphatic heterocycles. The highest BCUT2D eigenvalue weighted by Gasteiger charge is 2.34. The predicted molar refractivity (Wildman–Crippen MR) is 116 cm³/mol. The lowest BCUT2D eigenvalue weighted by Crippen LogP contribution is -2.24. The van der Waals surface area contributed by atoms with Crippen molar-refractivity contribution < 1.29 is 9.18 Å². The fraction of sp³-hybridized carbons (Fsp3) is 0.200. The van der Waals surface area contributed by atoms with Gasteiger partial charge in [0.1, 0.15) is 11.6 Å². The Bertz CT molecular complexity index is 1230. The van der Waals surface area contributed by atoms with Crippen LogP contribution in [0.3, 0.4) is 0 Å². The van der Waals surface area contributed by atoms with E-state index in [0.717, 1.165) is 33.7 Å². The van der Waals surface area contributed by atoms with E-state index in [2.05, 4.69) is 4.57 Å². The molecular weight excluding hydrogens is 377 g/mol. The van der Waals surface area contributed by atoms with Crippen LogP contribution in [0.2, 0.25) is 0 Å². The van der Waals surface area contributed by atoms with Crippen LogP contribution in [0.15, 0.2) is 72.8 Å². The molecule has 0 N–H and O–H groups in total. The second kappa shape index (κ2) is 7.41. The molecule has 4 nitrogen and oxygen atoms in total. The molecule has 5 rings (SSSR count). The molecule has 5 heteroatoms. The Morgan fingerprint density at radius 3 is 2.63 bits per heavy atom. The largest absolute Gasteiger partial charge is 0.323 e. The highest BCUT2D eigenvalue weighted by Crippen LogP contribution is 2.33. The molecule has 3 aromatic carbocycles. The second-order valence-electron chi connectivity index (χ2n) is 7.92. The molecule has 0 saturated carbocycles. The summed E-state index contributed by atoms with van der Waals surface area (Å²) in [5.41, 5.74) is 5.01. The fourth-order valence-corrected chi connectivity index (χ4v) is 4.27. The van der Waals surface area contributed by atoms with Crippen LogP contribution in [0.4, 0.5) is 10.1 Å². The zero-order valence-electron chi connectivity index (χ0n) is 16.8. The topological polar surface area (TPSA) is 38.1 Å². The van der Waals surface area contributed by atoms with Gasteiger partial charge >= 0.3 is 0 Å². The Morgan fingerprint density at radius 2 is 1.83 bits per heavy atom. The van der Waals surface area contributed by atoms with Gasteiger partial charge in [0.2, 0.25) is 5.91 Å². The van der Waals surface area contributed by atoms with Crippen LogP contribution in [0.25, 0.3) is 11.0 Å². The number of hydrogen-bond acceptors (Lipinski definition) is 2. The average molecular weight is 399 g/mol. The average Bonchev–Trinajstić information content (AvgIpc) is 3.30. The molecule has 1 aromatic heterocycles. The van der Waals surface area contributed by atoms with E-state index in [9.17, 15) is 9.18 Å². The van der Waals surface area contributed by atoms with Gasteiger partial charge in [-0.25, -0.2) is 9.37 Å². The monoisotopic (exact) mass is 399 g/mol. The minimum atomic E-state index is -0.246. The maximum Gasteiger partial charge on any atom is 0.227 e. The number of halogens is 1. The molecule has 1 saturated heterocycles. The first kappa shape index (κ1) is 18.6. The van der Waals surface area contributed by atoms with Gasteiger partial charge in [-0.05, 0) is 54.4 Å². The number of anilines is 1. The van der Waals surface area contributed by atoms with Crippen molar-refractivity contribution in [3.8, 4) is 0 Å². The van der Waals surface area contributed by atoms with Crippen molar-refractivity contribution in [1.29, 1.82) is 0 Å². The maximum atomic E-state index is 13.4. The summed E-state index contributed by atoms with van der Waals surface area (Å²) in [6, 6.07) is 22.6. The zero-order valence-corrected chi connectivity index (χ0v) is 16.8. The number of hydrogen-bond donors (Lipinski definition) is 0. The lowest BCUT2D eigenvalue weighted by molar-refractivity contribution is -0.117. The highest BCUT2D eigenvalue weighted by molar-refractivity contribution is 5.96. The third-order valence-electron chi connectivity index (χ3n) is 5.74. The predicted octanol–water partition coefficient (Wildman–Crippen LogP) is 5.05. The van der Waals surface area contributed by atoms with Gasteiger partial charge in [-0.2, -0.15) is 0 Å². The van der Waals surface area contributed by atoms with E-state index in [1.165, 1.54) is 12.1 Å². The molecule has 2 heterocycles. The number of carbonyl (C=O) groups is 1. The molecule has 0 bridgehead atoms. The van der Waals surface area contributed by atoms with Crippen LogP contribution >= 0.6 is 0 Å². The third-order valence-corrected chi connectivity index (χ3v) is 5.74. The van der Waals surface area contributed by atoms with E-state index in [1.807, 2.05) is 60.4 Å². The molecule has 0 radical (unpaired) electrons. The van der Waals surface area contributed by atoms with Crippen LogP contribution < -0.4 is 4.90 Å². The standard InChI is InChI=1S/C25H22FN3O/c1-17-5-4-6-21(13-17)28-16-19(14-24(28)30)25-27-22-7-2-3-8-23(22)29(25)15-18-9-11-20(26)12-10-18/h2-13,19H,14-16H2,1H3/t19-/m1/s1. The Balaban J connectivity index is 1.52. The number of imidazole rings is 1. The summed E-state index contributed by atoms with van der Waals surface area (Å²) in [7, 11) is 0. The van der Waals surface area contributed by atoms with Gasteiger partial charge in [-0.3, -0.25) is 4.79 Å². The van der Waals surface area contributed by atoms with Gasteiger partial charge in [0.15, 0.2) is 0 Å². The fourth-order valence-electron chi connectivity index (χ4n) is 4.27. The van der Waals surface area contributed by atoms with Crippen molar-refractivity contribution in [2.45, 2.75) is 25.8 Å². The van der Waals surface area contributed by atoms with Crippen molar-refractivity contribution in [3.63, 3.8) is 0 Å². The highest BCUT2D eigenvalue weighted by atomic mass is 19.1. The number of carbonyl (C=O) groups excluding carboxylic acids is 1. The molecule has 1 fully saturated rings. The summed E-state index contributed by atoms with van der Waals surface area (Å²) < 4.78 is 15.5. The van der Waals surface area contributed by atoms with E-state index < -0.39 is 0 Å². The third kappa shape index (κ3) is 3.36. The summed E-state index contributed by atoms with van der Waals surface area (Å²) in [6.07, 6.45) is 0.431. The van der Waals surface area contributed by atoms with E-state index in [0.29, 0.717) is 19.5 Å². The number of aryl methyl sites for hydroxylation is 1. The molecule has 1 amide bonds. The maximum absolute atomic E-state index is 13.4. The molecule has 0 unspecified atom stereocenters. The summed E-state index contributed by atoms with van der Waals surface area (Å²) >= 11 is 0. The summed E-state index contributed by atoms with van der Waals surface area (Å²) in [4.78, 5) is 19.6. The lowest BCUT2D eigenvalue weighted by atomic mass is 10.1. The Hall–Kier alpha value is -3.47. The van der Waals surface area contributed by atoms with Crippen LogP contribution in [0.5, 0.6) is 0 Å². The molecule has 1 atom stereocenters. The van der Waals surface area contributed by atoms with Gasteiger partial charge in [0, 0.05) is 31.1 Å². The Morgan fingerprint density at radius 1 is 1.03 bits per heavy atom. The van der Waals surface area contributed by atoms with E-state index in [-0.39, 0.29) is 17.6 Å². The van der Waals surface area contributed by atoms with E-state index >= 15 is 0 Å². The molecular formula is C25H22FN3O. The molecule has 0 spiro atoms. The molecule has 150 valence electrons. The minimum absolute atomic E-state index is 0.00543. The van der Waals surface area contributed by atoms with E-state index in [4.69, 9.17) is 4.98 Å². The number of para-hydroxylation sites is 2. The lowest BCUT2D eigenvalue weighted by Gasteiger charge is -2.18. The first-order chi connectivity index (χ1) is 14.6. The van der Waals surface area contributed by atoms with E-state index in [1.54, 1.807) is 12.1 Å². The first-order valence-electron chi connectivity index (χ1n) is 10.1. The SMILES string of the molecule is Cc1cccc(N2C[C@H](c3nc4ccccc4n3Cc3ccc(F)cc3)CC2=O)c1. The zero-order chi connectivity index (χ0) is 20.7. The van der Waals surface area contributed by atoms with Crippen LogP contribution in [0.1, 0.15) is 29.3 Å². The van der Waals surface area contributed by atoms with Crippen molar-refractivity contribution in [1.82, 2.24) is 9.55 Å². The second-order valence-corrected chi connectivity index (χ2v) is 7.92. The van der Waals surface area contributed by atoms with Crippen LogP contribution in [-0.4, -0.2) is 22.0 Å². The number of benzene rings is 3. The summed E-state index contributed by atoms with van der Waals surface area (Å²) in [5, 5.41) is 0. The van der Waals surface area contributed by atoms with Crippen molar-refractivity contribution in [3.05, 3.63) is 95.6 Å². The summed E-state index contributed by atoms with van der Waals surface area (Å²) in [6.45, 7) is 3.23. The smallest absolute Gasteiger partial charge is 0.227 e. The first-order valence-corrected chi connectivity index (χ1v) is 10.1. The Labute approximate surface area is 174 Å². The summed E-state index contributed by atoms with van der Waals surface area (Å²) in [5.74, 6) is 0.783. The molecule has 1 aliphatic rings. The van der Waals surface area contributed by atoms with Gasteiger partial charge in [0.05, 0.1) is 11.0 Å². The van der Waals surface area contributed by atoms with Gasteiger partial charge < -0.3 is 9.47 Å². The number of amides is 1. The normalized spacial score (nSPS) is 16.5. The Kier molecular flexibility index (Phi) is 4.58. The van der Waals surface area contributed by atoms with Gasteiger partial charge in [-0.1, -0.05) is 36.4 Å². The van der Waals surface area contributed by atoms with Crippen molar-refractivity contribution in [2.24, 2.45) is 0 Å². The van der Waals surface area contributed by atoms with Gasteiger partial charge in [0.25, 0.3) is 0 Å². The number of nitrogens with zero attached hydrogens (tertiary/aromatic N) is 3. The molecule has 0 aliphatic carbocycles. The van der Waals surface area contributed by atoms with Crippen molar-refractivity contribution >= 4 is 22.6 Å². The number of fused-ring (bicyclic) bond motifs is 1. The quantitative estimate of drug-likeness (QED) is 0.481. The minimum Gasteiger partial charge on any atom is -0.323 e. The number of aromatic nitrogens is 2. The van der Waals surface area contributed by atoms with Crippen LogP contribution in [0, 0.1) is 12.7 Å². The van der Waals surface area contributed by atoms with Crippen LogP contribution in [-0.2, 0) is 11.3 Å².